The molecule has 0 aliphatic heterocycles. The van der Waals surface area contributed by atoms with Crippen LogP contribution in [0.2, 0.25) is 0 Å². The minimum atomic E-state index is -1.46. The molecule has 0 aliphatic rings. The van der Waals surface area contributed by atoms with Crippen LogP contribution in [0.15, 0.2) is 12.4 Å². The number of carbonyl (C=O) groups is 1. The molecule has 0 aliphatic carbocycles. The second-order valence-electron chi connectivity index (χ2n) is 2.72. The molecule has 0 N–H and O–H groups in total. The van der Waals surface area contributed by atoms with Crippen molar-refractivity contribution in [2.45, 2.75) is 12.5 Å². The van der Waals surface area contributed by atoms with Gasteiger partial charge in [0.05, 0.1) is 19.5 Å². The van der Waals surface area contributed by atoms with Crippen molar-refractivity contribution < 1.29 is 13.9 Å². The maximum Gasteiger partial charge on any atom is 0.338 e. The molecule has 1 unspecified atom stereocenters. The van der Waals surface area contributed by atoms with Gasteiger partial charge in [0.2, 0.25) is 5.54 Å². The van der Waals surface area contributed by atoms with Gasteiger partial charge in [-0.1, -0.05) is 0 Å². The first-order valence-electron chi connectivity index (χ1n) is 3.66. The molecule has 1 atom stereocenters. The van der Waals surface area contributed by atoms with E-state index < -0.39 is 18.2 Å². The van der Waals surface area contributed by atoms with Gasteiger partial charge in [-0.2, -0.15) is 15.0 Å². The molecule has 0 spiro atoms. The summed E-state index contributed by atoms with van der Waals surface area (Å²) in [6, 6.07) is 0. The first-order chi connectivity index (χ1) is 6.15. The summed E-state index contributed by atoms with van der Waals surface area (Å²) >= 11 is 0. The van der Waals surface area contributed by atoms with Gasteiger partial charge in [-0.3, -0.25) is 0 Å². The summed E-state index contributed by atoms with van der Waals surface area (Å²) in [5.74, 6) is -0.703. The number of ether oxygens (including phenoxy) is 1. The number of carbonyl (C=O) groups excluding carboxylic acids is 1. The Morgan fingerprint density at radius 3 is 2.54 bits per heavy atom. The zero-order valence-electron chi connectivity index (χ0n) is 7.40. The molecule has 1 aromatic rings. The highest BCUT2D eigenvalue weighted by Crippen LogP contribution is 2.15. The molecule has 0 fully saturated rings. The SMILES string of the molecule is COC(=O)C(C)(CF)n1nccn1. The van der Waals surface area contributed by atoms with Gasteiger partial charge in [-0.05, 0) is 6.92 Å². The Hall–Kier alpha value is -1.46. The fourth-order valence-corrected chi connectivity index (χ4v) is 0.880. The largest absolute Gasteiger partial charge is 0.467 e. The highest BCUT2D eigenvalue weighted by Gasteiger charge is 2.38. The Morgan fingerprint density at radius 1 is 1.62 bits per heavy atom. The Bertz CT molecular complexity index is 288. The van der Waals surface area contributed by atoms with E-state index in [1.807, 2.05) is 0 Å². The van der Waals surface area contributed by atoms with Crippen molar-refractivity contribution in [2.75, 3.05) is 13.8 Å². The van der Waals surface area contributed by atoms with E-state index in [0.29, 0.717) is 0 Å². The van der Waals surface area contributed by atoms with Gasteiger partial charge in [-0.15, -0.1) is 0 Å². The van der Waals surface area contributed by atoms with E-state index in [1.165, 1.54) is 26.4 Å². The molecule has 0 amide bonds. The molecular weight excluding hydrogens is 177 g/mol. The number of nitrogens with zero attached hydrogens (tertiary/aromatic N) is 3. The van der Waals surface area contributed by atoms with Crippen LogP contribution in [-0.2, 0) is 15.1 Å². The van der Waals surface area contributed by atoms with E-state index >= 15 is 0 Å². The van der Waals surface area contributed by atoms with E-state index in [2.05, 4.69) is 14.9 Å². The predicted molar refractivity (Wildman–Crippen MR) is 41.7 cm³/mol. The molecular formula is C7H10FN3O2. The lowest BCUT2D eigenvalue weighted by Crippen LogP contribution is -2.43. The zero-order chi connectivity index (χ0) is 9.90. The Kier molecular flexibility index (Phi) is 2.60. The van der Waals surface area contributed by atoms with Crippen molar-refractivity contribution in [3.8, 4) is 0 Å². The van der Waals surface area contributed by atoms with Crippen LogP contribution in [0.1, 0.15) is 6.92 Å². The van der Waals surface area contributed by atoms with Gasteiger partial charge >= 0.3 is 5.97 Å². The maximum absolute atomic E-state index is 12.6. The fourth-order valence-electron chi connectivity index (χ4n) is 0.880. The van der Waals surface area contributed by atoms with E-state index in [9.17, 15) is 9.18 Å². The Balaban J connectivity index is 3.01. The van der Waals surface area contributed by atoms with Crippen molar-refractivity contribution >= 4 is 5.97 Å². The van der Waals surface area contributed by atoms with Crippen LogP contribution in [0.3, 0.4) is 0 Å². The maximum atomic E-state index is 12.6. The molecule has 0 aromatic carbocycles. The lowest BCUT2D eigenvalue weighted by atomic mass is 10.1. The third-order valence-electron chi connectivity index (χ3n) is 1.75. The molecule has 5 nitrogen and oxygen atoms in total. The van der Waals surface area contributed by atoms with Gasteiger partial charge in [0, 0.05) is 0 Å². The van der Waals surface area contributed by atoms with Crippen molar-refractivity contribution in [2.24, 2.45) is 0 Å². The topological polar surface area (TPSA) is 57.0 Å². The lowest BCUT2D eigenvalue weighted by molar-refractivity contribution is -0.152. The summed E-state index contributed by atoms with van der Waals surface area (Å²) in [6.07, 6.45) is 2.74. The molecule has 0 bridgehead atoms. The molecule has 1 heterocycles. The van der Waals surface area contributed by atoms with Gasteiger partial charge in [0.1, 0.15) is 6.67 Å². The summed E-state index contributed by atoms with van der Waals surface area (Å²) in [4.78, 5) is 12.2. The monoisotopic (exact) mass is 187 g/mol. The molecule has 6 heteroatoms. The van der Waals surface area contributed by atoms with Crippen LogP contribution in [0, 0.1) is 0 Å². The van der Waals surface area contributed by atoms with Crippen LogP contribution >= 0.6 is 0 Å². The van der Waals surface area contributed by atoms with Crippen LogP contribution in [0.4, 0.5) is 4.39 Å². The Labute approximate surface area is 74.5 Å². The number of rotatable bonds is 3. The quantitative estimate of drug-likeness (QED) is 0.631. The second-order valence-corrected chi connectivity index (χ2v) is 2.72. The minimum absolute atomic E-state index is 0.703. The molecule has 72 valence electrons. The summed E-state index contributed by atoms with van der Waals surface area (Å²) in [7, 11) is 1.19. The van der Waals surface area contributed by atoms with Crippen molar-refractivity contribution in [3.05, 3.63) is 12.4 Å². The first-order valence-corrected chi connectivity index (χ1v) is 3.66. The summed E-state index contributed by atoms with van der Waals surface area (Å²) in [5.41, 5.74) is -1.46. The van der Waals surface area contributed by atoms with Gasteiger partial charge in [0.25, 0.3) is 0 Å². The standard InChI is InChI=1S/C7H10FN3O2/c1-7(5-8,6(12)13-2)11-9-3-4-10-11/h3-4H,5H2,1-2H3. The van der Waals surface area contributed by atoms with E-state index in [1.54, 1.807) is 0 Å². The molecule has 0 saturated carbocycles. The van der Waals surface area contributed by atoms with E-state index in [-0.39, 0.29) is 0 Å². The number of alkyl halides is 1. The van der Waals surface area contributed by atoms with E-state index in [4.69, 9.17) is 0 Å². The number of methoxy groups -OCH3 is 1. The molecule has 0 saturated heterocycles. The highest BCUT2D eigenvalue weighted by molar-refractivity contribution is 5.78. The van der Waals surface area contributed by atoms with Crippen LogP contribution < -0.4 is 0 Å². The van der Waals surface area contributed by atoms with Crippen LogP contribution in [0.25, 0.3) is 0 Å². The normalized spacial score (nSPS) is 15.0. The molecule has 13 heavy (non-hydrogen) atoms. The van der Waals surface area contributed by atoms with Crippen molar-refractivity contribution in [1.29, 1.82) is 0 Å². The number of aromatic nitrogens is 3. The summed E-state index contributed by atoms with van der Waals surface area (Å²) in [6.45, 7) is 0.465. The third kappa shape index (κ3) is 1.51. The van der Waals surface area contributed by atoms with Gasteiger partial charge in [0.15, 0.2) is 0 Å². The third-order valence-corrected chi connectivity index (χ3v) is 1.75. The number of esters is 1. The number of hydrogen-bond acceptors (Lipinski definition) is 4. The average molecular weight is 187 g/mol. The van der Waals surface area contributed by atoms with Crippen LogP contribution in [0.5, 0.6) is 0 Å². The van der Waals surface area contributed by atoms with Crippen molar-refractivity contribution in [1.82, 2.24) is 15.0 Å². The second kappa shape index (κ2) is 3.51. The predicted octanol–water partition coefficient (Wildman–Crippen LogP) is 0.136. The molecule has 1 rings (SSSR count). The number of halogens is 1. The minimum Gasteiger partial charge on any atom is -0.467 e. The highest BCUT2D eigenvalue weighted by atomic mass is 19.1. The average Bonchev–Trinajstić information content (AvgIpc) is 2.68. The van der Waals surface area contributed by atoms with Crippen molar-refractivity contribution in [3.63, 3.8) is 0 Å². The zero-order valence-corrected chi connectivity index (χ0v) is 7.40. The molecule has 0 radical (unpaired) electrons. The number of hydrogen-bond donors (Lipinski definition) is 0. The van der Waals surface area contributed by atoms with E-state index in [0.717, 1.165) is 4.80 Å². The Morgan fingerprint density at radius 2 is 2.15 bits per heavy atom. The van der Waals surface area contributed by atoms with Crippen LogP contribution in [-0.4, -0.2) is 34.7 Å². The fraction of sp³-hybridized carbons (Fsp3) is 0.571. The smallest absolute Gasteiger partial charge is 0.338 e. The lowest BCUT2D eigenvalue weighted by Gasteiger charge is -2.21. The van der Waals surface area contributed by atoms with Gasteiger partial charge < -0.3 is 4.74 Å². The summed E-state index contributed by atoms with van der Waals surface area (Å²) in [5, 5.41) is 7.39. The molecule has 1 aromatic heterocycles. The first kappa shape index (κ1) is 9.63. The van der Waals surface area contributed by atoms with Gasteiger partial charge in [-0.25, -0.2) is 9.18 Å². The summed E-state index contributed by atoms with van der Waals surface area (Å²) < 4.78 is 17.1.